The number of carbonyl (C=O) groups is 1. The van der Waals surface area contributed by atoms with E-state index in [2.05, 4.69) is 15.6 Å². The number of fused-ring (bicyclic) bond motifs is 1. The lowest BCUT2D eigenvalue weighted by Crippen LogP contribution is -2.40. The van der Waals surface area contributed by atoms with E-state index in [1.165, 1.54) is 25.7 Å². The first-order chi connectivity index (χ1) is 13.3. The summed E-state index contributed by atoms with van der Waals surface area (Å²) in [5, 5.41) is 0. The zero-order chi connectivity index (χ0) is 18.5. The maximum absolute atomic E-state index is 13.0. The Morgan fingerprint density at radius 3 is 2.70 bits per heavy atom. The molecule has 2 aromatic heterocycles. The Kier molecular flexibility index (Phi) is 6.04. The van der Waals surface area contributed by atoms with Gasteiger partial charge in [0, 0.05) is 45.2 Å². The third kappa shape index (κ3) is 4.33. The molecule has 0 saturated carbocycles. The fraction of sp³-hybridized carbons (Fsp3) is 0.619. The van der Waals surface area contributed by atoms with Crippen molar-refractivity contribution in [3.05, 3.63) is 30.1 Å². The molecule has 0 unspecified atom stereocenters. The van der Waals surface area contributed by atoms with Gasteiger partial charge in [-0.25, -0.2) is 0 Å². The number of hydrogen-bond donors (Lipinski definition) is 0. The Bertz CT molecular complexity index is 761. The lowest BCUT2D eigenvalue weighted by molar-refractivity contribution is 0.0304. The normalized spacial score (nSPS) is 18.9. The van der Waals surface area contributed by atoms with Crippen LogP contribution in [0.5, 0.6) is 0 Å². The van der Waals surface area contributed by atoms with E-state index in [1.54, 1.807) is 6.20 Å². The molecule has 0 bridgehead atoms. The average molecular weight is 371 g/mol. The van der Waals surface area contributed by atoms with Gasteiger partial charge in [-0.05, 0) is 37.3 Å². The molecule has 4 heterocycles. The third-order valence-corrected chi connectivity index (χ3v) is 5.77. The van der Waals surface area contributed by atoms with Gasteiger partial charge in [0.25, 0.3) is 5.91 Å². The van der Waals surface area contributed by atoms with Crippen LogP contribution in [0.25, 0.3) is 11.0 Å². The number of nitrogens with zero attached hydrogens (tertiary/aromatic N) is 3. The molecule has 0 radical (unpaired) electrons. The van der Waals surface area contributed by atoms with Crippen molar-refractivity contribution in [1.29, 1.82) is 0 Å². The van der Waals surface area contributed by atoms with Crippen molar-refractivity contribution in [2.45, 2.75) is 38.6 Å². The van der Waals surface area contributed by atoms with Crippen LogP contribution >= 0.6 is 0 Å². The van der Waals surface area contributed by atoms with Gasteiger partial charge < -0.3 is 18.9 Å². The summed E-state index contributed by atoms with van der Waals surface area (Å²) in [6.45, 7) is 5.32. The van der Waals surface area contributed by atoms with Crippen LogP contribution in [-0.2, 0) is 16.0 Å². The minimum atomic E-state index is 0.0722. The maximum Gasteiger partial charge on any atom is 0.257 e. The van der Waals surface area contributed by atoms with Crippen LogP contribution in [0.1, 0.15) is 42.5 Å². The molecule has 2 aromatic rings. The molecule has 6 heteroatoms. The van der Waals surface area contributed by atoms with E-state index in [4.69, 9.17) is 9.47 Å². The zero-order valence-corrected chi connectivity index (χ0v) is 15.9. The third-order valence-electron chi connectivity index (χ3n) is 5.77. The lowest BCUT2D eigenvalue weighted by atomic mass is 9.94. The molecular weight excluding hydrogens is 342 g/mol. The summed E-state index contributed by atoms with van der Waals surface area (Å²) in [6, 6.07) is 4.01. The highest BCUT2D eigenvalue weighted by Gasteiger charge is 2.23. The lowest BCUT2D eigenvalue weighted by Gasteiger charge is -2.26. The summed E-state index contributed by atoms with van der Waals surface area (Å²) in [7, 11) is 0. The van der Waals surface area contributed by atoms with Crippen LogP contribution in [-0.4, -0.2) is 59.9 Å². The fourth-order valence-electron chi connectivity index (χ4n) is 4.15. The van der Waals surface area contributed by atoms with Gasteiger partial charge in [-0.3, -0.25) is 9.78 Å². The molecule has 4 rings (SSSR count). The minimum Gasteiger partial charge on any atom is -0.381 e. The molecule has 2 fully saturated rings. The number of aryl methyl sites for hydroxylation is 1. The molecule has 0 atom stereocenters. The van der Waals surface area contributed by atoms with Crippen molar-refractivity contribution in [1.82, 2.24) is 14.5 Å². The van der Waals surface area contributed by atoms with Crippen molar-refractivity contribution >= 4 is 16.9 Å². The maximum atomic E-state index is 13.0. The number of ether oxygens (including phenoxy) is 2. The number of pyridine rings is 1. The molecule has 2 aliphatic heterocycles. The first kappa shape index (κ1) is 18.4. The van der Waals surface area contributed by atoms with Crippen molar-refractivity contribution in [3.8, 4) is 0 Å². The number of hydrogen-bond acceptors (Lipinski definition) is 4. The Morgan fingerprint density at radius 1 is 1.11 bits per heavy atom. The van der Waals surface area contributed by atoms with Gasteiger partial charge in [-0.15, -0.1) is 0 Å². The number of rotatable bonds is 6. The van der Waals surface area contributed by atoms with E-state index in [9.17, 15) is 4.79 Å². The number of carbonyl (C=O) groups excluding carboxylic acids is 1. The second kappa shape index (κ2) is 8.85. The molecule has 0 aliphatic carbocycles. The first-order valence-corrected chi connectivity index (χ1v) is 10.2. The van der Waals surface area contributed by atoms with Gasteiger partial charge in [-0.2, -0.15) is 0 Å². The molecular formula is C21H29N3O3. The van der Waals surface area contributed by atoms with Gasteiger partial charge in [0.2, 0.25) is 0 Å². The zero-order valence-electron chi connectivity index (χ0n) is 15.9. The summed E-state index contributed by atoms with van der Waals surface area (Å²) < 4.78 is 13.0. The van der Waals surface area contributed by atoms with Crippen LogP contribution in [0.3, 0.4) is 0 Å². The summed E-state index contributed by atoms with van der Waals surface area (Å²) in [6.07, 6.45) is 9.81. The number of aromatic nitrogens is 2. The molecule has 6 nitrogen and oxygen atoms in total. The Hall–Kier alpha value is -1.92. The highest BCUT2D eigenvalue weighted by molar-refractivity contribution is 6.05. The molecule has 0 aromatic carbocycles. The van der Waals surface area contributed by atoms with Gasteiger partial charge in [-0.1, -0.05) is 12.8 Å². The second-order valence-corrected chi connectivity index (χ2v) is 7.56. The SMILES string of the molecule is O=C(c1cn(CCCCC2CCOCC2)c2cccnc12)N1CCOCC1. The van der Waals surface area contributed by atoms with Gasteiger partial charge in [0.05, 0.1) is 24.3 Å². The van der Waals surface area contributed by atoms with E-state index in [0.717, 1.165) is 48.7 Å². The predicted molar refractivity (Wildman–Crippen MR) is 104 cm³/mol. The first-order valence-electron chi connectivity index (χ1n) is 10.2. The van der Waals surface area contributed by atoms with Gasteiger partial charge >= 0.3 is 0 Å². The van der Waals surface area contributed by atoms with Crippen LogP contribution in [0.4, 0.5) is 0 Å². The molecule has 2 aliphatic rings. The van der Waals surface area contributed by atoms with Crippen LogP contribution < -0.4 is 0 Å². The van der Waals surface area contributed by atoms with E-state index < -0.39 is 0 Å². The van der Waals surface area contributed by atoms with E-state index in [1.807, 2.05) is 17.2 Å². The molecule has 27 heavy (non-hydrogen) atoms. The quantitative estimate of drug-likeness (QED) is 0.732. The summed E-state index contributed by atoms with van der Waals surface area (Å²) in [5.74, 6) is 0.892. The van der Waals surface area contributed by atoms with Crippen LogP contribution in [0, 0.1) is 5.92 Å². The van der Waals surface area contributed by atoms with E-state index in [0.29, 0.717) is 26.3 Å². The smallest absolute Gasteiger partial charge is 0.257 e. The van der Waals surface area contributed by atoms with E-state index in [-0.39, 0.29) is 5.91 Å². The largest absolute Gasteiger partial charge is 0.381 e. The predicted octanol–water partition coefficient (Wildman–Crippen LogP) is 3.11. The number of morpholine rings is 1. The van der Waals surface area contributed by atoms with Crippen LogP contribution in [0.15, 0.2) is 24.5 Å². The monoisotopic (exact) mass is 371 g/mol. The standard InChI is InChI=1S/C21H29N3O3/c25-21(23-10-14-27-15-11-23)18-16-24(19-5-3-8-22-20(18)19)9-2-1-4-17-6-12-26-13-7-17/h3,5,8,16-17H,1-2,4,6-7,9-15H2. The van der Waals surface area contributed by atoms with Gasteiger partial charge in [0.15, 0.2) is 0 Å². The van der Waals surface area contributed by atoms with Crippen molar-refractivity contribution in [3.63, 3.8) is 0 Å². The highest BCUT2D eigenvalue weighted by atomic mass is 16.5. The van der Waals surface area contributed by atoms with Crippen LogP contribution in [0.2, 0.25) is 0 Å². The average Bonchev–Trinajstić information content (AvgIpc) is 3.11. The molecule has 2 saturated heterocycles. The highest BCUT2D eigenvalue weighted by Crippen LogP contribution is 2.24. The summed E-state index contributed by atoms with van der Waals surface area (Å²) >= 11 is 0. The molecule has 0 N–H and O–H groups in total. The van der Waals surface area contributed by atoms with Crippen molar-refractivity contribution in [2.75, 3.05) is 39.5 Å². The molecule has 1 amide bonds. The minimum absolute atomic E-state index is 0.0722. The molecule has 0 spiro atoms. The van der Waals surface area contributed by atoms with E-state index >= 15 is 0 Å². The number of unbranched alkanes of at least 4 members (excludes halogenated alkanes) is 1. The topological polar surface area (TPSA) is 56.6 Å². The van der Waals surface area contributed by atoms with Crippen molar-refractivity contribution in [2.24, 2.45) is 5.92 Å². The van der Waals surface area contributed by atoms with Gasteiger partial charge in [0.1, 0.15) is 5.52 Å². The second-order valence-electron chi connectivity index (χ2n) is 7.56. The Morgan fingerprint density at radius 2 is 1.89 bits per heavy atom. The van der Waals surface area contributed by atoms with Crippen molar-refractivity contribution < 1.29 is 14.3 Å². The number of amides is 1. The Balaban J connectivity index is 1.42. The Labute approximate surface area is 160 Å². The summed E-state index contributed by atoms with van der Waals surface area (Å²) in [4.78, 5) is 19.4. The molecule has 146 valence electrons. The summed E-state index contributed by atoms with van der Waals surface area (Å²) in [5.41, 5.74) is 2.59. The fourth-order valence-corrected chi connectivity index (χ4v) is 4.15.